The van der Waals surface area contributed by atoms with Crippen LogP contribution in [0.4, 0.5) is 5.69 Å². The molecule has 1 unspecified atom stereocenters. The van der Waals surface area contributed by atoms with Crippen LogP contribution >= 0.6 is 11.6 Å². The Hall–Kier alpha value is -2.42. The van der Waals surface area contributed by atoms with Gasteiger partial charge < -0.3 is 10.6 Å². The lowest BCUT2D eigenvalue weighted by Gasteiger charge is -2.28. The maximum atomic E-state index is 12.6. The van der Waals surface area contributed by atoms with E-state index in [4.69, 9.17) is 11.6 Å². The molecule has 3 rings (SSSR count). The average molecular weight is 478 g/mol. The lowest BCUT2D eigenvalue weighted by molar-refractivity contribution is -0.129. The average Bonchev–Trinajstić information content (AvgIpc) is 2.80. The molecule has 2 amide bonds. The molecule has 1 aliphatic carbocycles. The zero-order valence-electron chi connectivity index (χ0n) is 17.9. The highest BCUT2D eigenvalue weighted by atomic mass is 35.5. The van der Waals surface area contributed by atoms with Gasteiger partial charge in [-0.2, -0.15) is 0 Å². The first-order valence-electron chi connectivity index (χ1n) is 10.7. The summed E-state index contributed by atoms with van der Waals surface area (Å²) in [6, 6.07) is 14.4. The molecule has 2 aromatic carbocycles. The number of hydrogen-bond acceptors (Lipinski definition) is 4. The lowest BCUT2D eigenvalue weighted by Crippen LogP contribution is -2.45. The number of benzene rings is 2. The molecule has 32 heavy (non-hydrogen) atoms. The highest BCUT2D eigenvalue weighted by Gasteiger charge is 2.29. The molecular formula is C23H28ClN3O4S. The summed E-state index contributed by atoms with van der Waals surface area (Å²) in [5, 5.41) is 6.11. The van der Waals surface area contributed by atoms with Gasteiger partial charge in [-0.3, -0.25) is 9.59 Å². The molecule has 0 heterocycles. The second-order valence-electron chi connectivity index (χ2n) is 8.11. The minimum Gasteiger partial charge on any atom is -0.344 e. The highest BCUT2D eigenvalue weighted by Crippen LogP contribution is 2.29. The minimum absolute atomic E-state index is 0.146. The Morgan fingerprint density at radius 3 is 2.25 bits per heavy atom. The number of sulfonamides is 1. The molecule has 0 radical (unpaired) electrons. The SMILES string of the molecule is CC(NC(=O)C1CCC(CNS(=O)(=O)c2ccccc2)CC1)C(=O)Nc1ccc(Cl)cc1. The van der Waals surface area contributed by atoms with Gasteiger partial charge in [0.15, 0.2) is 0 Å². The number of hydrogen-bond donors (Lipinski definition) is 3. The van der Waals surface area contributed by atoms with Crippen LogP contribution in [-0.2, 0) is 19.6 Å². The van der Waals surface area contributed by atoms with Crippen LogP contribution in [0.3, 0.4) is 0 Å². The van der Waals surface area contributed by atoms with Crippen LogP contribution in [0.5, 0.6) is 0 Å². The van der Waals surface area contributed by atoms with E-state index in [9.17, 15) is 18.0 Å². The standard InChI is InChI=1S/C23H28ClN3O4S/c1-16(22(28)27-20-13-11-19(24)12-14-20)26-23(29)18-9-7-17(8-10-18)15-25-32(30,31)21-5-3-2-4-6-21/h2-6,11-14,16-18,25H,7-10,15H2,1H3,(H,26,29)(H,27,28). The van der Waals surface area contributed by atoms with Crippen LogP contribution in [-0.4, -0.2) is 32.8 Å². The Labute approximate surface area is 194 Å². The fourth-order valence-electron chi connectivity index (χ4n) is 3.72. The summed E-state index contributed by atoms with van der Waals surface area (Å²) in [5.74, 6) is -0.442. The van der Waals surface area contributed by atoms with E-state index in [0.717, 1.165) is 12.8 Å². The molecule has 1 aliphatic rings. The van der Waals surface area contributed by atoms with Crippen molar-refractivity contribution in [3.63, 3.8) is 0 Å². The number of halogens is 1. The normalized spacial score (nSPS) is 19.7. The third kappa shape index (κ3) is 6.79. The Morgan fingerprint density at radius 2 is 1.62 bits per heavy atom. The van der Waals surface area contributed by atoms with Crippen molar-refractivity contribution < 1.29 is 18.0 Å². The zero-order valence-corrected chi connectivity index (χ0v) is 19.5. The van der Waals surface area contributed by atoms with Crippen LogP contribution in [0, 0.1) is 11.8 Å². The molecular weight excluding hydrogens is 450 g/mol. The molecule has 1 atom stereocenters. The van der Waals surface area contributed by atoms with Gasteiger partial charge in [0.1, 0.15) is 6.04 Å². The largest absolute Gasteiger partial charge is 0.344 e. The maximum absolute atomic E-state index is 12.6. The summed E-state index contributed by atoms with van der Waals surface area (Å²) in [4.78, 5) is 25.2. The number of carbonyl (C=O) groups is 2. The minimum atomic E-state index is -3.52. The van der Waals surface area contributed by atoms with Gasteiger partial charge >= 0.3 is 0 Å². The topological polar surface area (TPSA) is 104 Å². The number of anilines is 1. The quantitative estimate of drug-likeness (QED) is 0.540. The fourth-order valence-corrected chi connectivity index (χ4v) is 4.98. The third-order valence-electron chi connectivity index (χ3n) is 5.70. The summed E-state index contributed by atoms with van der Waals surface area (Å²) in [6.45, 7) is 2.00. The molecule has 1 saturated carbocycles. The molecule has 0 saturated heterocycles. The molecule has 7 nitrogen and oxygen atoms in total. The molecule has 172 valence electrons. The summed E-state index contributed by atoms with van der Waals surface area (Å²) >= 11 is 5.84. The van der Waals surface area contributed by atoms with E-state index in [1.807, 2.05) is 0 Å². The molecule has 2 aromatic rings. The fraction of sp³-hybridized carbons (Fsp3) is 0.391. The second-order valence-corrected chi connectivity index (χ2v) is 10.3. The van der Waals surface area contributed by atoms with Crippen LogP contribution in [0.25, 0.3) is 0 Å². The third-order valence-corrected chi connectivity index (χ3v) is 7.39. The van der Waals surface area contributed by atoms with E-state index < -0.39 is 16.1 Å². The van der Waals surface area contributed by atoms with Gasteiger partial charge in [-0.15, -0.1) is 0 Å². The molecule has 9 heteroatoms. The second kappa shape index (κ2) is 10.9. The number of amides is 2. The van der Waals surface area contributed by atoms with Crippen molar-refractivity contribution >= 4 is 39.1 Å². The number of rotatable bonds is 8. The molecule has 0 aliphatic heterocycles. The summed E-state index contributed by atoms with van der Waals surface area (Å²) in [7, 11) is -3.52. The smallest absolute Gasteiger partial charge is 0.246 e. The Bertz CT molecular complexity index is 1020. The summed E-state index contributed by atoms with van der Waals surface area (Å²) < 4.78 is 27.4. The molecule has 0 bridgehead atoms. The van der Waals surface area contributed by atoms with Crippen LogP contribution in [0.15, 0.2) is 59.5 Å². The van der Waals surface area contributed by atoms with Crippen molar-refractivity contribution in [2.45, 2.75) is 43.5 Å². The molecule has 3 N–H and O–H groups in total. The Kier molecular flexibility index (Phi) is 8.28. The van der Waals surface area contributed by atoms with Gasteiger partial charge in [-0.05, 0) is 74.9 Å². The zero-order chi connectivity index (χ0) is 23.1. The molecule has 1 fully saturated rings. The van der Waals surface area contributed by atoms with Gasteiger partial charge in [0, 0.05) is 23.2 Å². The van der Waals surface area contributed by atoms with Crippen molar-refractivity contribution in [1.82, 2.24) is 10.0 Å². The number of carbonyl (C=O) groups excluding carboxylic acids is 2. The summed E-state index contributed by atoms with van der Waals surface area (Å²) in [6.07, 6.45) is 2.83. The van der Waals surface area contributed by atoms with E-state index in [-0.39, 0.29) is 28.5 Å². The van der Waals surface area contributed by atoms with Crippen molar-refractivity contribution in [2.24, 2.45) is 11.8 Å². The van der Waals surface area contributed by atoms with E-state index in [0.29, 0.717) is 30.1 Å². The van der Waals surface area contributed by atoms with Crippen LogP contribution in [0.1, 0.15) is 32.6 Å². The van der Waals surface area contributed by atoms with E-state index in [1.165, 1.54) is 0 Å². The lowest BCUT2D eigenvalue weighted by atomic mass is 9.81. The van der Waals surface area contributed by atoms with Crippen LogP contribution < -0.4 is 15.4 Å². The van der Waals surface area contributed by atoms with Crippen molar-refractivity contribution in [3.05, 3.63) is 59.6 Å². The van der Waals surface area contributed by atoms with Gasteiger partial charge in [0.05, 0.1) is 4.90 Å². The van der Waals surface area contributed by atoms with Gasteiger partial charge in [0.25, 0.3) is 0 Å². The first kappa shape index (κ1) is 24.2. The number of nitrogens with one attached hydrogen (secondary N) is 3. The Balaban J connectivity index is 1.42. The molecule has 0 spiro atoms. The highest BCUT2D eigenvalue weighted by molar-refractivity contribution is 7.89. The van der Waals surface area contributed by atoms with E-state index >= 15 is 0 Å². The van der Waals surface area contributed by atoms with Crippen molar-refractivity contribution in [2.75, 3.05) is 11.9 Å². The summed E-state index contributed by atoms with van der Waals surface area (Å²) in [5.41, 5.74) is 0.610. The van der Waals surface area contributed by atoms with Crippen molar-refractivity contribution in [1.29, 1.82) is 0 Å². The van der Waals surface area contributed by atoms with E-state index in [1.54, 1.807) is 61.5 Å². The first-order chi connectivity index (χ1) is 15.2. The van der Waals surface area contributed by atoms with E-state index in [2.05, 4.69) is 15.4 Å². The molecule has 0 aromatic heterocycles. The predicted octanol–water partition coefficient (Wildman–Crippen LogP) is 3.57. The van der Waals surface area contributed by atoms with Gasteiger partial charge in [0.2, 0.25) is 21.8 Å². The first-order valence-corrected chi connectivity index (χ1v) is 12.5. The van der Waals surface area contributed by atoms with Crippen LogP contribution in [0.2, 0.25) is 5.02 Å². The maximum Gasteiger partial charge on any atom is 0.246 e. The van der Waals surface area contributed by atoms with Gasteiger partial charge in [-0.1, -0.05) is 29.8 Å². The monoisotopic (exact) mass is 477 g/mol. The predicted molar refractivity (Wildman–Crippen MR) is 125 cm³/mol. The van der Waals surface area contributed by atoms with Gasteiger partial charge in [-0.25, -0.2) is 13.1 Å². The Morgan fingerprint density at radius 1 is 1.00 bits per heavy atom. The van der Waals surface area contributed by atoms with Crippen molar-refractivity contribution in [3.8, 4) is 0 Å².